The predicted molar refractivity (Wildman–Crippen MR) is 214 cm³/mol. The summed E-state index contributed by atoms with van der Waals surface area (Å²) < 4.78 is 34.7. The van der Waals surface area contributed by atoms with Gasteiger partial charge in [-0.3, -0.25) is 0 Å². The zero-order valence-electron chi connectivity index (χ0n) is 33.9. The molecule has 302 valence electrons. The van der Waals surface area contributed by atoms with Crippen molar-refractivity contribution in [3.05, 3.63) is 0 Å². The van der Waals surface area contributed by atoms with Crippen LogP contribution in [-0.4, -0.2) is 85.3 Å². The van der Waals surface area contributed by atoms with Crippen molar-refractivity contribution in [2.45, 2.75) is 200 Å². The summed E-state index contributed by atoms with van der Waals surface area (Å²) >= 11 is 0. The molecule has 0 aliphatic carbocycles. The molecular weight excluding hydrogens is 626 g/mol. The number of ether oxygens (including phenoxy) is 6. The minimum absolute atomic E-state index is 0.0135. The zero-order chi connectivity index (χ0) is 36.1. The maximum Gasteiger partial charge on any atom is 0.104 e. The van der Waals surface area contributed by atoms with Crippen LogP contribution in [0.25, 0.3) is 0 Å². The summed E-state index contributed by atoms with van der Waals surface area (Å²) in [6.07, 6.45) is 38.4. The molecule has 2 N–H and O–H groups in total. The van der Waals surface area contributed by atoms with E-state index < -0.39 is 0 Å². The molecule has 7 heteroatoms. The normalized spacial score (nSPS) is 12.3. The summed E-state index contributed by atoms with van der Waals surface area (Å²) in [7, 11) is 0. The molecule has 1 atom stereocenters. The lowest BCUT2D eigenvalue weighted by molar-refractivity contribution is -0.0700. The first-order chi connectivity index (χ1) is 24.8. The van der Waals surface area contributed by atoms with Gasteiger partial charge >= 0.3 is 0 Å². The van der Waals surface area contributed by atoms with Crippen LogP contribution in [0.1, 0.15) is 194 Å². The fourth-order valence-electron chi connectivity index (χ4n) is 6.26. The molecule has 0 amide bonds. The van der Waals surface area contributed by atoms with Gasteiger partial charge in [0.25, 0.3) is 0 Å². The monoisotopic (exact) mass is 716 g/mol. The average molecular weight is 716 g/mol. The fourth-order valence-corrected chi connectivity index (χ4v) is 6.26. The van der Waals surface area contributed by atoms with E-state index >= 15 is 0 Å². The quantitative estimate of drug-likeness (QED) is 0.0628. The van der Waals surface area contributed by atoms with Crippen molar-refractivity contribution in [3.8, 4) is 0 Å². The summed E-state index contributed by atoms with van der Waals surface area (Å²) in [5.41, 5.74) is 5.41. The van der Waals surface area contributed by atoms with Crippen molar-refractivity contribution < 1.29 is 28.4 Å². The molecule has 50 heavy (non-hydrogen) atoms. The number of rotatable bonds is 46. The van der Waals surface area contributed by atoms with Crippen LogP contribution in [0.4, 0.5) is 0 Å². The van der Waals surface area contributed by atoms with Crippen LogP contribution in [0.5, 0.6) is 0 Å². The highest BCUT2D eigenvalue weighted by Crippen LogP contribution is 2.14. The zero-order valence-corrected chi connectivity index (χ0v) is 33.9. The second kappa shape index (κ2) is 46.7. The van der Waals surface area contributed by atoms with Gasteiger partial charge in [-0.15, -0.1) is 0 Å². The van der Waals surface area contributed by atoms with Crippen molar-refractivity contribution in [2.75, 3.05) is 79.2 Å². The fraction of sp³-hybridized carbons (Fsp3) is 1.00. The van der Waals surface area contributed by atoms with Gasteiger partial charge in [0, 0.05) is 19.8 Å². The largest absolute Gasteiger partial charge is 0.379 e. The van der Waals surface area contributed by atoms with Crippen LogP contribution in [0.15, 0.2) is 0 Å². The first-order valence-corrected chi connectivity index (χ1v) is 22.1. The maximum atomic E-state index is 6.24. The van der Waals surface area contributed by atoms with Gasteiger partial charge in [0.15, 0.2) is 0 Å². The Morgan fingerprint density at radius 2 is 0.580 bits per heavy atom. The Kier molecular flexibility index (Phi) is 46.5. The highest BCUT2D eigenvalue weighted by molar-refractivity contribution is 4.57. The molecule has 0 heterocycles. The summed E-state index contributed by atoms with van der Waals surface area (Å²) in [6, 6.07) is 0. The lowest BCUT2D eigenvalue weighted by atomic mass is 10.0. The molecule has 7 nitrogen and oxygen atoms in total. The van der Waals surface area contributed by atoms with Crippen molar-refractivity contribution in [1.82, 2.24) is 0 Å². The standard InChI is InChI=1S/C43H89NO6/c1-3-5-7-9-11-13-15-17-19-21-23-25-27-29-32-48-41-43(42-49-40-39-47-38-37-46-36-35-45-34-31-44)50-33-30-28-26-24-22-20-18-16-14-12-10-8-6-4-2/h43H,3-42,44H2,1-2H3. The lowest BCUT2D eigenvalue weighted by Crippen LogP contribution is -2.27. The molecule has 0 saturated heterocycles. The van der Waals surface area contributed by atoms with Gasteiger partial charge in [-0.25, -0.2) is 0 Å². The minimum atomic E-state index is -0.0135. The van der Waals surface area contributed by atoms with Gasteiger partial charge in [-0.1, -0.05) is 181 Å². The third-order valence-corrected chi connectivity index (χ3v) is 9.48. The van der Waals surface area contributed by atoms with Crippen molar-refractivity contribution in [2.24, 2.45) is 5.73 Å². The Labute approximate surface area is 312 Å². The molecule has 0 bridgehead atoms. The Morgan fingerprint density at radius 3 is 0.940 bits per heavy atom. The Bertz CT molecular complexity index is 584. The van der Waals surface area contributed by atoms with E-state index in [1.165, 1.54) is 167 Å². The molecule has 0 aliphatic heterocycles. The SMILES string of the molecule is CCCCCCCCCCCCCCCCOCC(COCCOCCOCCOCCN)OCCCCCCCCCCCCCCCC. The molecule has 0 radical (unpaired) electrons. The van der Waals surface area contributed by atoms with E-state index in [9.17, 15) is 0 Å². The highest BCUT2D eigenvalue weighted by atomic mass is 16.6. The minimum Gasteiger partial charge on any atom is -0.379 e. The lowest BCUT2D eigenvalue weighted by Gasteiger charge is -2.18. The van der Waals surface area contributed by atoms with Gasteiger partial charge in [-0.05, 0) is 12.8 Å². The first kappa shape index (κ1) is 49.7. The van der Waals surface area contributed by atoms with Crippen molar-refractivity contribution >= 4 is 0 Å². The second-order valence-electron chi connectivity index (χ2n) is 14.5. The predicted octanol–water partition coefficient (Wildman–Crippen LogP) is 11.4. The van der Waals surface area contributed by atoms with E-state index in [2.05, 4.69) is 13.8 Å². The molecule has 0 aliphatic rings. The molecule has 0 aromatic carbocycles. The van der Waals surface area contributed by atoms with Crippen LogP contribution in [0, 0.1) is 0 Å². The van der Waals surface area contributed by atoms with Crippen LogP contribution in [0.2, 0.25) is 0 Å². The van der Waals surface area contributed by atoms with E-state index in [1.54, 1.807) is 0 Å². The smallest absolute Gasteiger partial charge is 0.104 e. The molecule has 0 saturated carbocycles. The third-order valence-electron chi connectivity index (χ3n) is 9.48. The van der Waals surface area contributed by atoms with Crippen molar-refractivity contribution in [1.29, 1.82) is 0 Å². The summed E-state index contributed by atoms with van der Waals surface area (Å²) in [6.45, 7) is 11.8. The Morgan fingerprint density at radius 1 is 0.300 bits per heavy atom. The molecular formula is C43H89NO6. The van der Waals surface area contributed by atoms with Gasteiger partial charge in [0.05, 0.1) is 59.5 Å². The maximum absolute atomic E-state index is 6.24. The highest BCUT2D eigenvalue weighted by Gasteiger charge is 2.10. The average Bonchev–Trinajstić information content (AvgIpc) is 3.13. The van der Waals surface area contributed by atoms with Crippen LogP contribution in [0.3, 0.4) is 0 Å². The van der Waals surface area contributed by atoms with E-state index in [0.717, 1.165) is 26.1 Å². The molecule has 1 unspecified atom stereocenters. The topological polar surface area (TPSA) is 81.4 Å². The van der Waals surface area contributed by atoms with Gasteiger partial charge < -0.3 is 34.2 Å². The van der Waals surface area contributed by atoms with E-state index in [4.69, 9.17) is 34.2 Å². The molecule has 0 rings (SSSR count). The summed E-state index contributed by atoms with van der Waals surface area (Å²) in [5.74, 6) is 0. The Balaban J connectivity index is 3.91. The first-order valence-electron chi connectivity index (χ1n) is 22.1. The summed E-state index contributed by atoms with van der Waals surface area (Å²) in [4.78, 5) is 0. The van der Waals surface area contributed by atoms with E-state index in [-0.39, 0.29) is 6.10 Å². The Hall–Kier alpha value is -0.280. The number of unbranched alkanes of at least 4 members (excludes halogenated alkanes) is 26. The van der Waals surface area contributed by atoms with Crippen LogP contribution in [-0.2, 0) is 28.4 Å². The number of nitrogens with two attached hydrogens (primary N) is 1. The molecule has 0 fully saturated rings. The number of hydrogen-bond donors (Lipinski definition) is 1. The number of hydrogen-bond acceptors (Lipinski definition) is 7. The summed E-state index contributed by atoms with van der Waals surface area (Å²) in [5, 5.41) is 0. The third kappa shape index (κ3) is 43.9. The molecule has 0 spiro atoms. The van der Waals surface area contributed by atoms with Crippen LogP contribution >= 0.6 is 0 Å². The molecule has 0 aromatic heterocycles. The van der Waals surface area contributed by atoms with Crippen molar-refractivity contribution in [3.63, 3.8) is 0 Å². The van der Waals surface area contributed by atoms with Gasteiger partial charge in [0.1, 0.15) is 6.10 Å². The second-order valence-corrected chi connectivity index (χ2v) is 14.5. The molecule has 0 aromatic rings. The van der Waals surface area contributed by atoms with E-state index in [1.807, 2.05) is 0 Å². The van der Waals surface area contributed by atoms with Gasteiger partial charge in [0.2, 0.25) is 0 Å². The van der Waals surface area contributed by atoms with Gasteiger partial charge in [-0.2, -0.15) is 0 Å². The van der Waals surface area contributed by atoms with E-state index in [0.29, 0.717) is 66.0 Å². The van der Waals surface area contributed by atoms with Crippen LogP contribution < -0.4 is 5.73 Å².